The van der Waals surface area contributed by atoms with E-state index in [1.807, 2.05) is 0 Å². The monoisotopic (exact) mass is 232 g/mol. The van der Waals surface area contributed by atoms with Gasteiger partial charge in [-0.05, 0) is 27.6 Å². The molecule has 0 bridgehead atoms. The second-order valence-corrected chi connectivity index (χ2v) is 3.09. The van der Waals surface area contributed by atoms with Crippen LogP contribution in [0.1, 0.15) is 5.56 Å². The van der Waals surface area contributed by atoms with Gasteiger partial charge in [-0.3, -0.25) is 0 Å². The van der Waals surface area contributed by atoms with E-state index in [2.05, 4.69) is 15.9 Å². The van der Waals surface area contributed by atoms with Crippen molar-refractivity contribution in [3.63, 3.8) is 0 Å². The summed E-state index contributed by atoms with van der Waals surface area (Å²) in [5, 5.41) is 9.08. The highest BCUT2D eigenvalue weighted by Crippen LogP contribution is 2.28. The molecule has 0 aliphatic heterocycles. The number of hydrogen-bond donors (Lipinski definition) is 1. The second kappa shape index (κ2) is 3.67. The van der Waals surface area contributed by atoms with Crippen LogP contribution < -0.4 is 0 Å². The number of phenolic OH excluding ortho intramolecular Hbond substituents is 1. The first-order chi connectivity index (χ1) is 5.66. The summed E-state index contributed by atoms with van der Waals surface area (Å²) < 4.78 is 13.3. The standard InChI is InChI=1S/C8H6BrFO2/c9-6-2-1-5(3-4-11)7(10)8(6)12/h1-2,4,12H,3H2. The highest BCUT2D eigenvalue weighted by Gasteiger charge is 2.09. The van der Waals surface area contributed by atoms with Gasteiger partial charge in [0.05, 0.1) is 4.47 Å². The van der Waals surface area contributed by atoms with Gasteiger partial charge in [-0.15, -0.1) is 0 Å². The van der Waals surface area contributed by atoms with Crippen LogP contribution >= 0.6 is 15.9 Å². The van der Waals surface area contributed by atoms with Crippen molar-refractivity contribution in [1.82, 2.24) is 0 Å². The fourth-order valence-corrected chi connectivity index (χ4v) is 1.14. The molecule has 4 heteroatoms. The van der Waals surface area contributed by atoms with Gasteiger partial charge in [0, 0.05) is 6.42 Å². The molecule has 0 aliphatic rings. The van der Waals surface area contributed by atoms with E-state index in [-0.39, 0.29) is 16.5 Å². The molecule has 0 saturated carbocycles. The maximum Gasteiger partial charge on any atom is 0.169 e. The van der Waals surface area contributed by atoms with Gasteiger partial charge in [0.1, 0.15) is 6.29 Å². The molecule has 1 aromatic rings. The predicted octanol–water partition coefficient (Wildman–Crippen LogP) is 2.04. The number of hydrogen-bond acceptors (Lipinski definition) is 2. The molecule has 2 nitrogen and oxygen atoms in total. The SMILES string of the molecule is O=CCc1ccc(Br)c(O)c1F. The first-order valence-electron chi connectivity index (χ1n) is 3.26. The van der Waals surface area contributed by atoms with Crippen LogP contribution in [0.25, 0.3) is 0 Å². The Kier molecular flexibility index (Phi) is 2.81. The lowest BCUT2D eigenvalue weighted by molar-refractivity contribution is -0.107. The van der Waals surface area contributed by atoms with Crippen molar-refractivity contribution in [2.45, 2.75) is 6.42 Å². The van der Waals surface area contributed by atoms with Crippen LogP contribution in [0.4, 0.5) is 4.39 Å². The molecule has 1 N–H and O–H groups in total. The smallest absolute Gasteiger partial charge is 0.169 e. The van der Waals surface area contributed by atoms with E-state index in [0.717, 1.165) is 0 Å². The van der Waals surface area contributed by atoms with E-state index < -0.39 is 11.6 Å². The normalized spacial score (nSPS) is 9.83. The van der Waals surface area contributed by atoms with Gasteiger partial charge in [-0.2, -0.15) is 0 Å². The van der Waals surface area contributed by atoms with E-state index in [1.165, 1.54) is 12.1 Å². The molecule has 64 valence electrons. The molecule has 0 unspecified atom stereocenters. The third kappa shape index (κ3) is 1.64. The van der Waals surface area contributed by atoms with Crippen LogP contribution in [0.2, 0.25) is 0 Å². The van der Waals surface area contributed by atoms with Crippen LogP contribution in [0, 0.1) is 5.82 Å². The van der Waals surface area contributed by atoms with Crippen LogP contribution in [0.3, 0.4) is 0 Å². The Morgan fingerprint density at radius 3 is 2.83 bits per heavy atom. The Balaban J connectivity index is 3.16. The summed E-state index contributed by atoms with van der Waals surface area (Å²) in [6.07, 6.45) is 0.568. The first kappa shape index (κ1) is 9.19. The van der Waals surface area contributed by atoms with Gasteiger partial charge < -0.3 is 9.90 Å². The molecule has 0 radical (unpaired) electrons. The van der Waals surface area contributed by atoms with Crippen molar-refractivity contribution in [1.29, 1.82) is 0 Å². The first-order valence-corrected chi connectivity index (χ1v) is 4.05. The topological polar surface area (TPSA) is 37.3 Å². The third-order valence-corrected chi connectivity index (χ3v) is 2.09. The van der Waals surface area contributed by atoms with E-state index in [1.54, 1.807) is 0 Å². The lowest BCUT2D eigenvalue weighted by Gasteiger charge is -2.02. The molecule has 0 atom stereocenters. The van der Waals surface area contributed by atoms with Crippen molar-refractivity contribution >= 4 is 22.2 Å². The zero-order chi connectivity index (χ0) is 9.14. The minimum atomic E-state index is -0.739. The minimum absolute atomic E-state index is 0.0212. The average molecular weight is 233 g/mol. The van der Waals surface area contributed by atoms with Crippen molar-refractivity contribution in [3.05, 3.63) is 28.0 Å². The molecule has 0 heterocycles. The highest BCUT2D eigenvalue weighted by molar-refractivity contribution is 9.10. The van der Waals surface area contributed by atoms with E-state index >= 15 is 0 Å². The van der Waals surface area contributed by atoms with Gasteiger partial charge in [-0.1, -0.05) is 6.07 Å². The zero-order valence-electron chi connectivity index (χ0n) is 6.05. The number of rotatable bonds is 2. The molecule has 1 rings (SSSR count). The van der Waals surface area contributed by atoms with Gasteiger partial charge >= 0.3 is 0 Å². The van der Waals surface area contributed by atoms with Crippen LogP contribution in [0.15, 0.2) is 16.6 Å². The summed E-state index contributed by atoms with van der Waals surface area (Å²) >= 11 is 2.95. The number of phenols is 1. The fourth-order valence-electron chi connectivity index (χ4n) is 0.830. The second-order valence-electron chi connectivity index (χ2n) is 2.24. The molecule has 0 spiro atoms. The fraction of sp³-hybridized carbons (Fsp3) is 0.125. The van der Waals surface area contributed by atoms with Gasteiger partial charge in [0.15, 0.2) is 11.6 Å². The van der Waals surface area contributed by atoms with Crippen molar-refractivity contribution < 1.29 is 14.3 Å². The summed E-state index contributed by atoms with van der Waals surface area (Å²) in [4.78, 5) is 10.1. The Morgan fingerprint density at radius 2 is 2.25 bits per heavy atom. The molecular weight excluding hydrogens is 227 g/mol. The van der Waals surface area contributed by atoms with E-state index in [9.17, 15) is 9.18 Å². The van der Waals surface area contributed by atoms with Crippen LogP contribution in [0.5, 0.6) is 5.75 Å². The van der Waals surface area contributed by atoms with E-state index in [0.29, 0.717) is 6.29 Å². The highest BCUT2D eigenvalue weighted by atomic mass is 79.9. The predicted molar refractivity (Wildman–Crippen MR) is 45.5 cm³/mol. The van der Waals surface area contributed by atoms with Crippen LogP contribution in [-0.2, 0) is 11.2 Å². The molecule has 0 fully saturated rings. The Bertz CT molecular complexity index is 312. The molecule has 0 aliphatic carbocycles. The number of carbonyl (C=O) groups excluding carboxylic acids is 1. The van der Waals surface area contributed by atoms with Gasteiger partial charge in [0.2, 0.25) is 0 Å². The number of carbonyl (C=O) groups is 1. The molecule has 12 heavy (non-hydrogen) atoms. The maximum absolute atomic E-state index is 13.0. The van der Waals surface area contributed by atoms with Crippen molar-refractivity contribution in [2.75, 3.05) is 0 Å². The third-order valence-electron chi connectivity index (χ3n) is 1.45. The summed E-state index contributed by atoms with van der Waals surface area (Å²) in [7, 11) is 0. The average Bonchev–Trinajstić information content (AvgIpc) is 2.07. The van der Waals surface area contributed by atoms with Gasteiger partial charge in [-0.25, -0.2) is 4.39 Å². The molecule has 0 amide bonds. The number of aromatic hydroxyl groups is 1. The summed E-state index contributed by atoms with van der Waals surface area (Å²) in [5.41, 5.74) is 0.200. The minimum Gasteiger partial charge on any atom is -0.504 e. The number of aldehydes is 1. The lowest BCUT2D eigenvalue weighted by Crippen LogP contribution is -1.91. The Labute approximate surface area is 77.2 Å². The summed E-state index contributed by atoms with van der Waals surface area (Å²) in [6, 6.07) is 2.95. The zero-order valence-corrected chi connectivity index (χ0v) is 7.64. The molecular formula is C8H6BrFO2. The summed E-state index contributed by atoms with van der Waals surface area (Å²) in [6.45, 7) is 0. The number of benzene rings is 1. The molecule has 0 saturated heterocycles. The van der Waals surface area contributed by atoms with Crippen molar-refractivity contribution in [2.24, 2.45) is 0 Å². The van der Waals surface area contributed by atoms with E-state index in [4.69, 9.17) is 5.11 Å². The van der Waals surface area contributed by atoms with Crippen LogP contribution in [-0.4, -0.2) is 11.4 Å². The van der Waals surface area contributed by atoms with Crippen molar-refractivity contribution in [3.8, 4) is 5.75 Å². The van der Waals surface area contributed by atoms with Gasteiger partial charge in [0.25, 0.3) is 0 Å². The summed E-state index contributed by atoms with van der Waals surface area (Å²) in [5.74, 6) is -1.19. The maximum atomic E-state index is 13.0. The Morgan fingerprint density at radius 1 is 1.58 bits per heavy atom. The quantitative estimate of drug-likeness (QED) is 0.793. The number of halogens is 2. The lowest BCUT2D eigenvalue weighted by atomic mass is 10.1. The Hall–Kier alpha value is -0.900. The largest absolute Gasteiger partial charge is 0.504 e. The molecule has 0 aromatic heterocycles. The molecule has 1 aromatic carbocycles.